The van der Waals surface area contributed by atoms with E-state index in [-0.39, 0.29) is 18.0 Å². The van der Waals surface area contributed by atoms with Gasteiger partial charge in [-0.05, 0) is 42.8 Å². The largest absolute Gasteiger partial charge is 0.496 e. The molecule has 0 unspecified atom stereocenters. The van der Waals surface area contributed by atoms with Crippen molar-refractivity contribution in [2.75, 3.05) is 13.7 Å². The van der Waals surface area contributed by atoms with E-state index in [4.69, 9.17) is 9.47 Å². The summed E-state index contributed by atoms with van der Waals surface area (Å²) in [6.45, 7) is 1.77. The SMILES string of the molecule is COc1ccc(F)cc1C(=O)COc1cccc(C)c1. The van der Waals surface area contributed by atoms with Crippen molar-refractivity contribution in [2.45, 2.75) is 6.92 Å². The first kappa shape index (κ1) is 14.1. The molecule has 0 radical (unpaired) electrons. The fraction of sp³-hybridized carbons (Fsp3) is 0.188. The molecule has 3 nitrogen and oxygen atoms in total. The highest BCUT2D eigenvalue weighted by Crippen LogP contribution is 2.20. The Morgan fingerprint density at radius 2 is 2.00 bits per heavy atom. The lowest BCUT2D eigenvalue weighted by Crippen LogP contribution is -2.13. The Labute approximate surface area is 117 Å². The first-order valence-electron chi connectivity index (χ1n) is 6.16. The molecule has 0 aromatic heterocycles. The summed E-state index contributed by atoms with van der Waals surface area (Å²) in [5, 5.41) is 0. The van der Waals surface area contributed by atoms with Crippen molar-refractivity contribution in [2.24, 2.45) is 0 Å². The Bertz CT molecular complexity index is 623. The maximum Gasteiger partial charge on any atom is 0.204 e. The Morgan fingerprint density at radius 1 is 1.20 bits per heavy atom. The quantitative estimate of drug-likeness (QED) is 0.784. The van der Waals surface area contributed by atoms with E-state index in [2.05, 4.69) is 0 Å². The molecule has 4 heteroatoms. The van der Waals surface area contributed by atoms with E-state index in [1.54, 1.807) is 6.07 Å². The minimum atomic E-state index is -0.482. The standard InChI is InChI=1S/C16H15FO3/c1-11-4-3-5-13(8-11)20-10-15(18)14-9-12(17)6-7-16(14)19-2/h3-9H,10H2,1-2H3. The van der Waals surface area contributed by atoms with Crippen molar-refractivity contribution in [1.82, 2.24) is 0 Å². The molecule has 0 bridgehead atoms. The molecule has 0 N–H and O–H groups in total. The van der Waals surface area contributed by atoms with Gasteiger partial charge in [0.1, 0.15) is 17.3 Å². The average molecular weight is 274 g/mol. The van der Waals surface area contributed by atoms with Gasteiger partial charge in [0.15, 0.2) is 6.61 Å². The Morgan fingerprint density at radius 3 is 2.70 bits per heavy atom. The highest BCUT2D eigenvalue weighted by Gasteiger charge is 2.14. The van der Waals surface area contributed by atoms with E-state index in [9.17, 15) is 9.18 Å². The summed E-state index contributed by atoms with van der Waals surface area (Å²) in [7, 11) is 1.44. The number of Topliss-reactive ketones (excluding diaryl/α,β-unsaturated/α-hetero) is 1. The van der Waals surface area contributed by atoms with Gasteiger partial charge in [0.05, 0.1) is 12.7 Å². The van der Waals surface area contributed by atoms with Gasteiger partial charge in [-0.1, -0.05) is 12.1 Å². The van der Waals surface area contributed by atoms with Crippen molar-refractivity contribution in [1.29, 1.82) is 0 Å². The van der Waals surface area contributed by atoms with Gasteiger partial charge in [0.25, 0.3) is 0 Å². The smallest absolute Gasteiger partial charge is 0.204 e. The third-order valence-electron chi connectivity index (χ3n) is 2.82. The first-order valence-corrected chi connectivity index (χ1v) is 6.16. The highest BCUT2D eigenvalue weighted by atomic mass is 19.1. The molecule has 0 aliphatic carbocycles. The van der Waals surface area contributed by atoms with Crippen molar-refractivity contribution >= 4 is 5.78 Å². The Balaban J connectivity index is 2.10. The molecule has 0 fully saturated rings. The maximum absolute atomic E-state index is 13.2. The van der Waals surface area contributed by atoms with E-state index in [1.165, 1.54) is 19.2 Å². The lowest BCUT2D eigenvalue weighted by atomic mass is 10.1. The van der Waals surface area contributed by atoms with E-state index < -0.39 is 5.82 Å². The number of rotatable bonds is 5. The molecule has 0 amide bonds. The molecule has 0 saturated heterocycles. The van der Waals surface area contributed by atoms with Crippen LogP contribution in [0.15, 0.2) is 42.5 Å². The Hall–Kier alpha value is -2.36. The van der Waals surface area contributed by atoms with Gasteiger partial charge in [0, 0.05) is 0 Å². The molecular formula is C16H15FO3. The van der Waals surface area contributed by atoms with Crippen LogP contribution in [-0.4, -0.2) is 19.5 Å². The summed E-state index contributed by atoms with van der Waals surface area (Å²) in [4.78, 5) is 12.1. The first-order chi connectivity index (χ1) is 9.60. The lowest BCUT2D eigenvalue weighted by molar-refractivity contribution is 0.0918. The van der Waals surface area contributed by atoms with Gasteiger partial charge in [-0.25, -0.2) is 4.39 Å². The van der Waals surface area contributed by atoms with Crippen LogP contribution in [0.4, 0.5) is 4.39 Å². The van der Waals surface area contributed by atoms with Gasteiger partial charge in [-0.15, -0.1) is 0 Å². The molecule has 0 aliphatic rings. The Kier molecular flexibility index (Phi) is 4.35. The summed E-state index contributed by atoms with van der Waals surface area (Å²) in [6, 6.07) is 11.2. The predicted molar refractivity (Wildman–Crippen MR) is 74.0 cm³/mol. The number of halogens is 1. The summed E-state index contributed by atoms with van der Waals surface area (Å²) < 4.78 is 23.7. The average Bonchev–Trinajstić information content (AvgIpc) is 2.45. The molecule has 2 aromatic carbocycles. The monoisotopic (exact) mass is 274 g/mol. The topological polar surface area (TPSA) is 35.5 Å². The number of ether oxygens (including phenoxy) is 2. The van der Waals surface area contributed by atoms with Crippen LogP contribution in [0.2, 0.25) is 0 Å². The molecule has 0 atom stereocenters. The normalized spacial score (nSPS) is 10.2. The van der Waals surface area contributed by atoms with Crippen molar-refractivity contribution in [3.8, 4) is 11.5 Å². The number of hydrogen-bond acceptors (Lipinski definition) is 3. The number of benzene rings is 2. The second-order valence-electron chi connectivity index (χ2n) is 4.37. The zero-order chi connectivity index (χ0) is 14.5. The molecule has 0 saturated carbocycles. The predicted octanol–water partition coefficient (Wildman–Crippen LogP) is 3.40. The van der Waals surface area contributed by atoms with Crippen LogP contribution in [0.5, 0.6) is 11.5 Å². The number of aryl methyl sites for hydroxylation is 1. The van der Waals surface area contributed by atoms with Gasteiger partial charge < -0.3 is 9.47 Å². The van der Waals surface area contributed by atoms with Crippen LogP contribution in [0, 0.1) is 12.7 Å². The van der Waals surface area contributed by atoms with E-state index in [0.717, 1.165) is 11.6 Å². The van der Waals surface area contributed by atoms with Gasteiger partial charge in [-0.2, -0.15) is 0 Å². The number of ketones is 1. The summed E-state index contributed by atoms with van der Waals surface area (Å²) in [6.07, 6.45) is 0. The summed E-state index contributed by atoms with van der Waals surface area (Å²) >= 11 is 0. The second kappa shape index (κ2) is 6.19. The zero-order valence-corrected chi connectivity index (χ0v) is 11.4. The maximum atomic E-state index is 13.2. The van der Waals surface area contributed by atoms with Crippen LogP contribution in [-0.2, 0) is 0 Å². The van der Waals surface area contributed by atoms with Gasteiger partial charge in [-0.3, -0.25) is 4.79 Å². The molecule has 2 rings (SSSR count). The van der Waals surface area contributed by atoms with E-state index >= 15 is 0 Å². The van der Waals surface area contributed by atoms with Crippen molar-refractivity contribution < 1.29 is 18.7 Å². The van der Waals surface area contributed by atoms with E-state index in [0.29, 0.717) is 11.5 Å². The van der Waals surface area contributed by atoms with E-state index in [1.807, 2.05) is 25.1 Å². The van der Waals surface area contributed by atoms with Gasteiger partial charge in [0.2, 0.25) is 5.78 Å². The number of hydrogen-bond donors (Lipinski definition) is 0. The third-order valence-corrected chi connectivity index (χ3v) is 2.82. The molecule has 0 spiro atoms. The molecule has 20 heavy (non-hydrogen) atoms. The minimum absolute atomic E-state index is 0.163. The van der Waals surface area contributed by atoms with Crippen LogP contribution in [0.25, 0.3) is 0 Å². The fourth-order valence-corrected chi connectivity index (χ4v) is 1.83. The summed E-state index contributed by atoms with van der Waals surface area (Å²) in [5.41, 5.74) is 1.22. The highest BCUT2D eigenvalue weighted by molar-refractivity contribution is 5.99. The third kappa shape index (κ3) is 3.35. The van der Waals surface area contributed by atoms with Crippen molar-refractivity contribution in [3.63, 3.8) is 0 Å². The minimum Gasteiger partial charge on any atom is -0.496 e. The van der Waals surface area contributed by atoms with Crippen LogP contribution in [0.1, 0.15) is 15.9 Å². The van der Waals surface area contributed by atoms with Crippen LogP contribution >= 0.6 is 0 Å². The zero-order valence-electron chi connectivity index (χ0n) is 11.4. The van der Waals surface area contributed by atoms with Crippen LogP contribution in [0.3, 0.4) is 0 Å². The van der Waals surface area contributed by atoms with Crippen molar-refractivity contribution in [3.05, 3.63) is 59.4 Å². The number of methoxy groups -OCH3 is 1. The molecule has 104 valence electrons. The summed E-state index contributed by atoms with van der Waals surface area (Å²) in [5.74, 6) is 0.130. The van der Waals surface area contributed by atoms with Crippen LogP contribution < -0.4 is 9.47 Å². The molecule has 0 aliphatic heterocycles. The number of carbonyl (C=O) groups excluding carboxylic acids is 1. The molecule has 2 aromatic rings. The lowest BCUT2D eigenvalue weighted by Gasteiger charge is -2.09. The van der Waals surface area contributed by atoms with Gasteiger partial charge >= 0.3 is 0 Å². The fourth-order valence-electron chi connectivity index (χ4n) is 1.83. The number of carbonyl (C=O) groups is 1. The second-order valence-corrected chi connectivity index (χ2v) is 4.37. The molecule has 0 heterocycles. The molecular weight excluding hydrogens is 259 g/mol.